The second-order valence-corrected chi connectivity index (χ2v) is 8.77. The van der Waals surface area contributed by atoms with E-state index in [2.05, 4.69) is 14.9 Å². The van der Waals surface area contributed by atoms with Crippen molar-refractivity contribution in [2.45, 2.75) is 10.9 Å². The first-order chi connectivity index (χ1) is 15.7. The summed E-state index contributed by atoms with van der Waals surface area (Å²) in [5, 5.41) is 10.6. The maximum Gasteiger partial charge on any atom is 0.254 e. The lowest BCUT2D eigenvalue weighted by Gasteiger charge is -2.36. The second kappa shape index (κ2) is 8.96. The first-order valence-electron chi connectivity index (χ1n) is 10.7. The maximum absolute atomic E-state index is 13.3. The Morgan fingerprint density at radius 3 is 2.56 bits per heavy atom. The van der Waals surface area contributed by atoms with Crippen LogP contribution in [-0.4, -0.2) is 52.1 Å². The molecule has 1 saturated heterocycles. The van der Waals surface area contributed by atoms with Gasteiger partial charge in [0.1, 0.15) is 5.75 Å². The van der Waals surface area contributed by atoms with E-state index in [4.69, 9.17) is 0 Å². The standard InChI is InChI=1S/C25H24N4O2S/c30-20-8-5-7-19(16-20)28-12-14-29(15-13-28)24(31)21-9-2-1-6-18(21)17-32-25-26-22-10-3-4-11-23(22)27-25/h1-11,16,30H,12-15,17H2,(H,26,27). The number of nitrogens with one attached hydrogen (secondary N) is 1. The molecule has 1 aromatic heterocycles. The van der Waals surface area contributed by atoms with E-state index in [0.717, 1.165) is 46.1 Å². The van der Waals surface area contributed by atoms with E-state index in [0.29, 0.717) is 18.8 Å². The minimum absolute atomic E-state index is 0.0707. The number of amides is 1. The van der Waals surface area contributed by atoms with E-state index in [1.54, 1.807) is 23.9 Å². The Bertz CT molecular complexity index is 1210. The van der Waals surface area contributed by atoms with E-state index >= 15 is 0 Å². The van der Waals surface area contributed by atoms with Crippen molar-refractivity contribution in [1.82, 2.24) is 14.9 Å². The fraction of sp³-hybridized carbons (Fsp3) is 0.200. The number of fused-ring (bicyclic) bond motifs is 1. The van der Waals surface area contributed by atoms with E-state index < -0.39 is 0 Å². The smallest absolute Gasteiger partial charge is 0.254 e. The Labute approximate surface area is 190 Å². The zero-order chi connectivity index (χ0) is 21.9. The number of nitrogens with zero attached hydrogens (tertiary/aromatic N) is 3. The molecule has 4 aromatic rings. The summed E-state index contributed by atoms with van der Waals surface area (Å²) in [4.78, 5) is 25.4. The zero-order valence-electron chi connectivity index (χ0n) is 17.6. The van der Waals surface area contributed by atoms with Crippen molar-refractivity contribution in [3.05, 3.63) is 83.9 Å². The number of carbonyl (C=O) groups is 1. The first-order valence-corrected chi connectivity index (χ1v) is 11.6. The van der Waals surface area contributed by atoms with Crippen LogP contribution in [0.15, 0.2) is 78.0 Å². The predicted molar refractivity (Wildman–Crippen MR) is 128 cm³/mol. The molecule has 0 radical (unpaired) electrons. The lowest BCUT2D eigenvalue weighted by atomic mass is 10.1. The summed E-state index contributed by atoms with van der Waals surface area (Å²) in [6.07, 6.45) is 0. The Morgan fingerprint density at radius 2 is 1.75 bits per heavy atom. The third-order valence-electron chi connectivity index (χ3n) is 5.74. The molecule has 162 valence electrons. The van der Waals surface area contributed by atoms with Crippen LogP contribution in [0.4, 0.5) is 5.69 Å². The number of carbonyl (C=O) groups excluding carboxylic acids is 1. The Hall–Kier alpha value is -3.45. The third-order valence-corrected chi connectivity index (χ3v) is 6.66. The molecule has 1 fully saturated rings. The third kappa shape index (κ3) is 4.29. The number of aromatic nitrogens is 2. The maximum atomic E-state index is 13.3. The number of anilines is 1. The van der Waals surface area contributed by atoms with Crippen LogP contribution in [0.1, 0.15) is 15.9 Å². The summed E-state index contributed by atoms with van der Waals surface area (Å²) >= 11 is 1.61. The van der Waals surface area contributed by atoms with E-state index in [1.165, 1.54) is 0 Å². The molecule has 1 aliphatic rings. The fourth-order valence-electron chi connectivity index (χ4n) is 4.03. The van der Waals surface area contributed by atoms with Crippen LogP contribution in [0.5, 0.6) is 5.75 Å². The molecule has 0 bridgehead atoms. The molecule has 3 aromatic carbocycles. The molecule has 2 heterocycles. The van der Waals surface area contributed by atoms with Crippen molar-refractivity contribution >= 4 is 34.4 Å². The number of rotatable bonds is 5. The Balaban J connectivity index is 1.25. The molecule has 6 nitrogen and oxygen atoms in total. The number of thioether (sulfide) groups is 1. The van der Waals surface area contributed by atoms with Crippen LogP contribution in [0.25, 0.3) is 11.0 Å². The monoisotopic (exact) mass is 444 g/mol. The van der Waals surface area contributed by atoms with Gasteiger partial charge in [0.15, 0.2) is 5.16 Å². The van der Waals surface area contributed by atoms with E-state index in [9.17, 15) is 9.90 Å². The van der Waals surface area contributed by atoms with Crippen molar-refractivity contribution in [3.63, 3.8) is 0 Å². The molecule has 0 spiro atoms. The zero-order valence-corrected chi connectivity index (χ0v) is 18.4. The number of piperazine rings is 1. The summed E-state index contributed by atoms with van der Waals surface area (Å²) in [6, 6.07) is 23.1. The van der Waals surface area contributed by atoms with Crippen molar-refractivity contribution in [3.8, 4) is 5.75 Å². The molecule has 2 N–H and O–H groups in total. The van der Waals surface area contributed by atoms with Gasteiger partial charge in [-0.15, -0.1) is 0 Å². The first kappa shape index (κ1) is 20.5. The van der Waals surface area contributed by atoms with Crippen LogP contribution >= 0.6 is 11.8 Å². The van der Waals surface area contributed by atoms with Crippen LogP contribution in [0, 0.1) is 0 Å². The normalized spacial score (nSPS) is 14.1. The summed E-state index contributed by atoms with van der Waals surface area (Å²) in [6.45, 7) is 2.79. The molecule has 0 saturated carbocycles. The van der Waals surface area contributed by atoms with Crippen molar-refractivity contribution in [2.75, 3.05) is 31.1 Å². The van der Waals surface area contributed by atoms with Gasteiger partial charge in [-0.05, 0) is 35.9 Å². The minimum atomic E-state index is 0.0707. The highest BCUT2D eigenvalue weighted by Crippen LogP contribution is 2.26. The Kier molecular flexibility index (Phi) is 5.73. The molecule has 32 heavy (non-hydrogen) atoms. The summed E-state index contributed by atoms with van der Waals surface area (Å²) in [7, 11) is 0. The number of phenolic OH excluding ortho intramolecular Hbond substituents is 1. The highest BCUT2D eigenvalue weighted by molar-refractivity contribution is 7.98. The molecule has 0 aliphatic carbocycles. The SMILES string of the molecule is O=C(c1ccccc1CSc1nc2ccccc2[nH]1)N1CCN(c2cccc(O)c2)CC1. The van der Waals surface area contributed by atoms with Crippen LogP contribution < -0.4 is 4.90 Å². The van der Waals surface area contributed by atoms with Crippen LogP contribution in [0.3, 0.4) is 0 Å². The topological polar surface area (TPSA) is 72.5 Å². The van der Waals surface area contributed by atoms with Crippen molar-refractivity contribution in [1.29, 1.82) is 0 Å². The summed E-state index contributed by atoms with van der Waals surface area (Å²) in [5.74, 6) is 1.00. The number of imidazole rings is 1. The predicted octanol–water partition coefficient (Wildman–Crippen LogP) is 4.52. The molecular weight excluding hydrogens is 420 g/mol. The largest absolute Gasteiger partial charge is 0.508 e. The molecule has 1 amide bonds. The van der Waals surface area contributed by atoms with Gasteiger partial charge in [-0.2, -0.15) is 0 Å². The Morgan fingerprint density at radius 1 is 0.969 bits per heavy atom. The van der Waals surface area contributed by atoms with Gasteiger partial charge in [0.05, 0.1) is 11.0 Å². The summed E-state index contributed by atoms with van der Waals surface area (Å²) < 4.78 is 0. The fourth-order valence-corrected chi connectivity index (χ4v) is 4.92. The molecule has 5 rings (SSSR count). The number of hydrogen-bond donors (Lipinski definition) is 2. The lowest BCUT2D eigenvalue weighted by Crippen LogP contribution is -2.49. The van der Waals surface area contributed by atoms with Crippen LogP contribution in [0.2, 0.25) is 0 Å². The number of aromatic hydroxyl groups is 1. The number of phenols is 1. The van der Waals surface area contributed by atoms with Gasteiger partial charge >= 0.3 is 0 Å². The number of para-hydroxylation sites is 2. The van der Waals surface area contributed by atoms with Crippen molar-refractivity contribution in [2.24, 2.45) is 0 Å². The number of aromatic amines is 1. The highest BCUT2D eigenvalue weighted by atomic mass is 32.2. The number of hydrogen-bond acceptors (Lipinski definition) is 5. The molecule has 0 unspecified atom stereocenters. The molecule has 0 atom stereocenters. The quantitative estimate of drug-likeness (QED) is 0.443. The minimum Gasteiger partial charge on any atom is -0.508 e. The van der Waals surface area contributed by atoms with Gasteiger partial charge < -0.3 is 19.9 Å². The van der Waals surface area contributed by atoms with Gasteiger partial charge in [0.2, 0.25) is 0 Å². The van der Waals surface area contributed by atoms with E-state index in [1.807, 2.05) is 65.6 Å². The lowest BCUT2D eigenvalue weighted by molar-refractivity contribution is 0.0746. The number of benzene rings is 3. The number of H-pyrrole nitrogens is 1. The van der Waals surface area contributed by atoms with Gasteiger partial charge in [-0.25, -0.2) is 4.98 Å². The molecule has 7 heteroatoms. The van der Waals surface area contributed by atoms with Gasteiger partial charge in [0, 0.05) is 49.2 Å². The van der Waals surface area contributed by atoms with Gasteiger partial charge in [-0.1, -0.05) is 48.2 Å². The summed E-state index contributed by atoms with van der Waals surface area (Å²) in [5.41, 5.74) is 4.72. The molecular formula is C25H24N4O2S. The second-order valence-electron chi connectivity index (χ2n) is 7.80. The average molecular weight is 445 g/mol. The van der Waals surface area contributed by atoms with Gasteiger partial charge in [-0.3, -0.25) is 4.79 Å². The van der Waals surface area contributed by atoms with E-state index in [-0.39, 0.29) is 11.7 Å². The van der Waals surface area contributed by atoms with Gasteiger partial charge in [0.25, 0.3) is 5.91 Å². The van der Waals surface area contributed by atoms with Crippen LogP contribution in [-0.2, 0) is 5.75 Å². The van der Waals surface area contributed by atoms with Crippen molar-refractivity contribution < 1.29 is 9.90 Å². The highest BCUT2D eigenvalue weighted by Gasteiger charge is 2.24. The molecule has 1 aliphatic heterocycles. The average Bonchev–Trinajstić information content (AvgIpc) is 3.26.